The van der Waals surface area contributed by atoms with Gasteiger partial charge in [0.2, 0.25) is 0 Å². The fourth-order valence-corrected chi connectivity index (χ4v) is 3.77. The highest BCUT2D eigenvalue weighted by Gasteiger charge is 2.23. The van der Waals surface area contributed by atoms with Crippen LogP contribution in [0.1, 0.15) is 62.0 Å². The van der Waals surface area contributed by atoms with E-state index in [0.717, 1.165) is 42.3 Å². The zero-order valence-electron chi connectivity index (χ0n) is 16.2. The third-order valence-corrected chi connectivity index (χ3v) is 5.14. The van der Waals surface area contributed by atoms with E-state index in [9.17, 15) is 14.7 Å². The predicted molar refractivity (Wildman–Crippen MR) is 108 cm³/mol. The topological polar surface area (TPSA) is 79.5 Å². The molecule has 1 heterocycles. The van der Waals surface area contributed by atoms with Gasteiger partial charge in [-0.05, 0) is 50.3 Å². The average molecular weight is 394 g/mol. The zero-order chi connectivity index (χ0) is 20.1. The molecule has 0 saturated heterocycles. The van der Waals surface area contributed by atoms with E-state index in [0.29, 0.717) is 10.6 Å². The number of halogens is 1. The number of carboxylic acids is 1. The molecule has 0 amide bonds. The molecule has 0 bridgehead atoms. The van der Waals surface area contributed by atoms with Crippen molar-refractivity contribution in [2.75, 3.05) is 0 Å². The molecule has 2 N–H and O–H groups in total. The van der Waals surface area contributed by atoms with Crippen LogP contribution >= 0.6 is 11.6 Å². The molecule has 0 fully saturated rings. The van der Waals surface area contributed by atoms with Crippen LogP contribution in [0.2, 0.25) is 5.02 Å². The lowest BCUT2D eigenvalue weighted by atomic mass is 9.94. The fourth-order valence-electron chi connectivity index (χ4n) is 3.59. The van der Waals surface area contributed by atoms with Crippen LogP contribution < -0.4 is 0 Å². The SMILES string of the molecule is CC(O)CCCCc1c(C(=O)CC(C)CC(=O)O)c2cc(Cl)ccc2n1C. The van der Waals surface area contributed by atoms with Gasteiger partial charge in [0.25, 0.3) is 0 Å². The van der Waals surface area contributed by atoms with Crippen LogP contribution in [0.3, 0.4) is 0 Å². The number of benzene rings is 1. The first kappa shape index (κ1) is 21.5. The summed E-state index contributed by atoms with van der Waals surface area (Å²) in [4.78, 5) is 24.0. The number of fused-ring (bicyclic) bond motifs is 1. The van der Waals surface area contributed by atoms with Gasteiger partial charge in [-0.1, -0.05) is 24.9 Å². The van der Waals surface area contributed by atoms with Crippen molar-refractivity contribution in [2.45, 2.75) is 58.5 Å². The van der Waals surface area contributed by atoms with Gasteiger partial charge in [0.1, 0.15) is 0 Å². The second-order valence-corrected chi connectivity index (χ2v) is 7.90. The first-order valence-electron chi connectivity index (χ1n) is 9.40. The van der Waals surface area contributed by atoms with Gasteiger partial charge in [0, 0.05) is 47.1 Å². The Balaban J connectivity index is 2.35. The second kappa shape index (κ2) is 9.38. The summed E-state index contributed by atoms with van der Waals surface area (Å²) in [6.45, 7) is 3.56. The first-order chi connectivity index (χ1) is 12.7. The van der Waals surface area contributed by atoms with Crippen LogP contribution in [0, 0.1) is 5.92 Å². The van der Waals surface area contributed by atoms with Gasteiger partial charge in [-0.2, -0.15) is 0 Å². The van der Waals surface area contributed by atoms with Crippen LogP contribution in [0.25, 0.3) is 10.9 Å². The van der Waals surface area contributed by atoms with Gasteiger partial charge < -0.3 is 14.8 Å². The molecule has 148 valence electrons. The van der Waals surface area contributed by atoms with Gasteiger partial charge in [-0.25, -0.2) is 0 Å². The van der Waals surface area contributed by atoms with Gasteiger partial charge >= 0.3 is 5.97 Å². The molecule has 2 rings (SSSR count). The molecular weight excluding hydrogens is 366 g/mol. The molecule has 0 saturated carbocycles. The number of aryl methyl sites for hydroxylation is 1. The summed E-state index contributed by atoms with van der Waals surface area (Å²) in [5.41, 5.74) is 2.55. The molecular formula is C21H28ClNO4. The van der Waals surface area contributed by atoms with E-state index >= 15 is 0 Å². The summed E-state index contributed by atoms with van der Waals surface area (Å²) in [5.74, 6) is -1.16. The van der Waals surface area contributed by atoms with Crippen LogP contribution in [0.15, 0.2) is 18.2 Å². The average Bonchev–Trinajstić information content (AvgIpc) is 2.82. The fraction of sp³-hybridized carbons (Fsp3) is 0.524. The Morgan fingerprint density at radius 1 is 1.19 bits per heavy atom. The number of hydrogen-bond acceptors (Lipinski definition) is 3. The number of aliphatic carboxylic acids is 1. The minimum Gasteiger partial charge on any atom is -0.481 e. The number of aromatic nitrogens is 1. The van der Waals surface area contributed by atoms with Crippen LogP contribution in [0.5, 0.6) is 0 Å². The summed E-state index contributed by atoms with van der Waals surface area (Å²) in [6.07, 6.45) is 3.05. The van der Waals surface area contributed by atoms with E-state index in [1.54, 1.807) is 13.8 Å². The maximum absolute atomic E-state index is 13.0. The number of rotatable bonds is 10. The van der Waals surface area contributed by atoms with Gasteiger partial charge in [0.15, 0.2) is 5.78 Å². The number of aliphatic hydroxyl groups is 1. The molecule has 5 nitrogen and oxygen atoms in total. The number of carbonyl (C=O) groups excluding carboxylic acids is 1. The van der Waals surface area contributed by atoms with E-state index in [-0.39, 0.29) is 30.6 Å². The summed E-state index contributed by atoms with van der Waals surface area (Å²) < 4.78 is 2.03. The summed E-state index contributed by atoms with van der Waals surface area (Å²) in [5, 5.41) is 19.8. The van der Waals surface area contributed by atoms with Crippen LogP contribution in [-0.4, -0.2) is 32.6 Å². The number of unbranched alkanes of at least 4 members (excludes halogenated alkanes) is 1. The molecule has 27 heavy (non-hydrogen) atoms. The molecule has 2 unspecified atom stereocenters. The Kier molecular flexibility index (Phi) is 7.45. The molecule has 2 atom stereocenters. The van der Waals surface area contributed by atoms with E-state index in [1.807, 2.05) is 29.8 Å². The molecule has 0 spiro atoms. The third kappa shape index (κ3) is 5.56. The zero-order valence-corrected chi connectivity index (χ0v) is 16.9. The van der Waals surface area contributed by atoms with E-state index in [1.165, 1.54) is 0 Å². The molecule has 6 heteroatoms. The maximum atomic E-state index is 13.0. The standard InChI is InChI=1S/C21H28ClNO4/c1-13(11-20(26)27)10-19(25)21-16-12-15(22)8-9-17(16)23(3)18(21)7-5-4-6-14(2)24/h8-9,12-14,24H,4-7,10-11H2,1-3H3,(H,26,27). The van der Waals surface area contributed by atoms with Crippen molar-refractivity contribution in [3.8, 4) is 0 Å². The molecule has 0 aliphatic heterocycles. The van der Waals surface area contributed by atoms with Gasteiger partial charge in [0.05, 0.1) is 6.10 Å². The minimum absolute atomic E-state index is 0.0268. The largest absolute Gasteiger partial charge is 0.481 e. The predicted octanol–water partition coefficient (Wildman–Crippen LogP) is 4.61. The number of hydrogen-bond donors (Lipinski definition) is 2. The Morgan fingerprint density at radius 2 is 1.89 bits per heavy atom. The highest BCUT2D eigenvalue weighted by atomic mass is 35.5. The van der Waals surface area contributed by atoms with Crippen LogP contribution in [0.4, 0.5) is 0 Å². The Bertz CT molecular complexity index is 825. The molecule has 0 aliphatic carbocycles. The van der Waals surface area contributed by atoms with E-state index < -0.39 is 5.97 Å². The van der Waals surface area contributed by atoms with Crippen molar-refractivity contribution in [1.82, 2.24) is 4.57 Å². The van der Waals surface area contributed by atoms with Crippen molar-refractivity contribution in [1.29, 1.82) is 0 Å². The lowest BCUT2D eigenvalue weighted by Gasteiger charge is -2.11. The molecule has 2 aromatic rings. The summed E-state index contributed by atoms with van der Waals surface area (Å²) in [6, 6.07) is 5.53. The quantitative estimate of drug-likeness (QED) is 0.456. The van der Waals surface area contributed by atoms with E-state index in [4.69, 9.17) is 16.7 Å². The van der Waals surface area contributed by atoms with Crippen molar-refractivity contribution in [2.24, 2.45) is 13.0 Å². The van der Waals surface area contributed by atoms with Crippen molar-refractivity contribution in [3.05, 3.63) is 34.5 Å². The lowest BCUT2D eigenvalue weighted by molar-refractivity contribution is -0.137. The highest BCUT2D eigenvalue weighted by molar-refractivity contribution is 6.31. The van der Waals surface area contributed by atoms with E-state index in [2.05, 4.69) is 0 Å². The number of carbonyl (C=O) groups is 2. The molecule has 1 aromatic heterocycles. The Labute approximate surface area is 164 Å². The monoisotopic (exact) mass is 393 g/mol. The smallest absolute Gasteiger partial charge is 0.303 e. The third-order valence-electron chi connectivity index (χ3n) is 4.90. The first-order valence-corrected chi connectivity index (χ1v) is 9.78. The summed E-state index contributed by atoms with van der Waals surface area (Å²) >= 11 is 6.17. The number of ketones is 1. The number of nitrogens with zero attached hydrogens (tertiary/aromatic N) is 1. The van der Waals surface area contributed by atoms with Gasteiger partial charge in [-0.15, -0.1) is 0 Å². The van der Waals surface area contributed by atoms with Crippen molar-refractivity contribution >= 4 is 34.3 Å². The van der Waals surface area contributed by atoms with Crippen molar-refractivity contribution in [3.63, 3.8) is 0 Å². The summed E-state index contributed by atoms with van der Waals surface area (Å²) in [7, 11) is 1.94. The normalized spacial score (nSPS) is 13.7. The molecule has 0 radical (unpaired) electrons. The molecule has 0 aliphatic rings. The highest BCUT2D eigenvalue weighted by Crippen LogP contribution is 2.31. The Hall–Kier alpha value is -1.85. The maximum Gasteiger partial charge on any atom is 0.303 e. The second-order valence-electron chi connectivity index (χ2n) is 7.47. The Morgan fingerprint density at radius 3 is 2.52 bits per heavy atom. The van der Waals surface area contributed by atoms with Crippen LogP contribution in [-0.2, 0) is 18.3 Å². The number of aliphatic hydroxyl groups excluding tert-OH is 1. The number of carboxylic acid groups (broad SMARTS) is 1. The minimum atomic E-state index is -0.894. The van der Waals surface area contributed by atoms with Crippen molar-refractivity contribution < 1.29 is 19.8 Å². The van der Waals surface area contributed by atoms with Gasteiger partial charge in [-0.3, -0.25) is 9.59 Å². The molecule has 1 aromatic carbocycles. The lowest BCUT2D eigenvalue weighted by Crippen LogP contribution is -2.12. The number of Topliss-reactive ketones (excluding diaryl/α,β-unsaturated/α-hetero) is 1.